The van der Waals surface area contributed by atoms with E-state index in [1.807, 2.05) is 0 Å². The Bertz CT molecular complexity index is 2070. The summed E-state index contributed by atoms with van der Waals surface area (Å²) in [6, 6.07) is 15.9. The molecule has 2 aliphatic heterocycles. The summed E-state index contributed by atoms with van der Waals surface area (Å²) in [5.74, 6) is -4.47. The Morgan fingerprint density at radius 1 is 1.00 bits per heavy atom. The number of rotatable bonds is 6. The Balaban J connectivity index is 1.22. The number of carbonyl (C=O) groups is 2. The first-order valence-corrected chi connectivity index (χ1v) is 17.1. The van der Waals surface area contributed by atoms with Crippen LogP contribution in [0, 0.1) is 39.7 Å². The van der Waals surface area contributed by atoms with Gasteiger partial charge in [-0.1, -0.05) is 47.2 Å². The van der Waals surface area contributed by atoms with Gasteiger partial charge in [-0.05, 0) is 60.1 Å². The fraction of sp³-hybridized carbons (Fsp3) is 0.303. The highest BCUT2D eigenvalue weighted by atomic mass is 35.5. The summed E-state index contributed by atoms with van der Waals surface area (Å²) in [5.41, 5.74) is -0.482. The molecule has 15 heteroatoms. The molecule has 1 N–H and O–H groups in total. The number of non-ortho nitro benzene ring substituents is 1. The molecule has 3 aromatic carbocycles. The van der Waals surface area contributed by atoms with Gasteiger partial charge >= 0.3 is 11.0 Å². The van der Waals surface area contributed by atoms with E-state index in [9.17, 15) is 37.7 Å². The molecule has 1 saturated heterocycles. The molecule has 3 heterocycles. The molecule has 2 bridgehead atoms. The van der Waals surface area contributed by atoms with Gasteiger partial charge in [-0.25, -0.2) is 4.90 Å². The third-order valence-electron chi connectivity index (χ3n) is 10.0. The van der Waals surface area contributed by atoms with Crippen LogP contribution in [-0.2, 0) is 22.4 Å². The van der Waals surface area contributed by atoms with Crippen molar-refractivity contribution in [2.45, 2.75) is 35.4 Å². The van der Waals surface area contributed by atoms with Gasteiger partial charge in [0.25, 0.3) is 5.69 Å². The molecule has 8 rings (SSSR count). The van der Waals surface area contributed by atoms with Gasteiger partial charge in [0.05, 0.1) is 33.0 Å². The number of fused-ring (bicyclic) bond motifs is 9. The van der Waals surface area contributed by atoms with Crippen molar-refractivity contribution < 1.29 is 32.4 Å². The fourth-order valence-corrected chi connectivity index (χ4v) is 11.3. The number of H-pyrrole nitrogens is 1. The molecule has 6 unspecified atom stereocenters. The molecule has 48 heavy (non-hydrogen) atoms. The summed E-state index contributed by atoms with van der Waals surface area (Å²) in [6.45, 7) is 0.116. The number of thioether (sulfide) groups is 1. The lowest BCUT2D eigenvalue weighted by molar-refractivity contribution is -0.385. The van der Waals surface area contributed by atoms with Crippen molar-refractivity contribution in [3.8, 4) is 5.75 Å². The van der Waals surface area contributed by atoms with Crippen LogP contribution >= 0.6 is 34.7 Å². The summed E-state index contributed by atoms with van der Waals surface area (Å²) >= 11 is 8.41. The van der Waals surface area contributed by atoms with Crippen molar-refractivity contribution in [1.29, 1.82) is 0 Å². The van der Waals surface area contributed by atoms with Crippen LogP contribution in [0.5, 0.6) is 5.75 Å². The number of benzene rings is 3. The Morgan fingerprint density at radius 2 is 1.71 bits per heavy atom. The SMILES string of the molecule is O=C1C2C3CC(C2C(=O)N1c1ccccc1C(F)(F)F)C1C3Sc2[nH]c(=O)sc2[C@@H]1c1cc([N+](=O)[O-])ccc1OCc1ccc(Cl)cc1. The summed E-state index contributed by atoms with van der Waals surface area (Å²) < 4.78 is 48.3. The number of amides is 2. The van der Waals surface area contributed by atoms with Crippen molar-refractivity contribution in [1.82, 2.24) is 4.98 Å². The minimum absolute atomic E-state index is 0.116. The average Bonchev–Trinajstić information content (AvgIpc) is 3.79. The first-order valence-electron chi connectivity index (χ1n) is 15.0. The largest absolute Gasteiger partial charge is 0.489 e. The molecule has 9 nitrogen and oxygen atoms in total. The summed E-state index contributed by atoms with van der Waals surface area (Å²) in [5, 5.41) is 12.8. The number of imide groups is 1. The number of ether oxygens (including phenoxy) is 1. The Kier molecular flexibility index (Phi) is 7.27. The smallest absolute Gasteiger partial charge is 0.418 e. The van der Waals surface area contributed by atoms with E-state index in [1.165, 1.54) is 42.1 Å². The van der Waals surface area contributed by atoms with E-state index >= 15 is 0 Å². The molecule has 3 fully saturated rings. The van der Waals surface area contributed by atoms with Crippen molar-refractivity contribution in [2.75, 3.05) is 4.90 Å². The Hall–Kier alpha value is -4.14. The zero-order chi connectivity index (χ0) is 33.6. The van der Waals surface area contributed by atoms with E-state index in [-0.39, 0.29) is 34.3 Å². The third-order valence-corrected chi connectivity index (χ3v) is 12.9. The topological polar surface area (TPSA) is 123 Å². The maximum absolute atomic E-state index is 14.1. The summed E-state index contributed by atoms with van der Waals surface area (Å²) in [6.07, 6.45) is -4.30. The first-order chi connectivity index (χ1) is 22.9. The number of hydrogen-bond acceptors (Lipinski definition) is 8. The molecule has 2 amide bonds. The molecule has 2 aliphatic carbocycles. The van der Waals surface area contributed by atoms with Gasteiger partial charge in [-0.2, -0.15) is 13.2 Å². The van der Waals surface area contributed by atoms with Crippen LogP contribution in [0.1, 0.15) is 33.9 Å². The number of nitro groups is 1. The number of hydrogen-bond donors (Lipinski definition) is 1. The van der Waals surface area contributed by atoms with Gasteiger partial charge in [-0.3, -0.25) is 24.5 Å². The minimum Gasteiger partial charge on any atom is -0.489 e. The molecule has 4 aromatic rings. The van der Waals surface area contributed by atoms with Crippen LogP contribution in [0.15, 0.2) is 76.6 Å². The lowest BCUT2D eigenvalue weighted by atomic mass is 9.68. The number of nitro benzene ring substituents is 1. The Morgan fingerprint density at radius 3 is 2.42 bits per heavy atom. The molecular weight excluding hydrogens is 691 g/mol. The number of aromatic amines is 1. The van der Waals surface area contributed by atoms with Gasteiger partial charge in [0.2, 0.25) is 11.8 Å². The lowest BCUT2D eigenvalue weighted by Gasteiger charge is -2.43. The van der Waals surface area contributed by atoms with Gasteiger partial charge in [0, 0.05) is 38.8 Å². The maximum atomic E-state index is 14.1. The van der Waals surface area contributed by atoms with Crippen molar-refractivity contribution >= 4 is 57.9 Å². The second kappa shape index (κ2) is 11.2. The lowest BCUT2D eigenvalue weighted by Crippen LogP contribution is -2.42. The summed E-state index contributed by atoms with van der Waals surface area (Å²) in [4.78, 5) is 56.1. The standard InChI is InChI=1S/C33H23ClF3N3O6S2/c34-15-7-5-14(6-8-15)13-46-22-10-9-16(40(44)45)11-17(22)23-24-18-12-19(27(24)47-29-28(23)48-32(43)38-29)26-25(18)30(41)39(31(26)42)21-4-2-1-3-20(21)33(35,36)37/h1-11,18-19,23-27H,12-13H2,(H,38,43)/t18?,19?,23-,24?,25?,26?,27?/m1/s1. The minimum atomic E-state index is -4.78. The van der Waals surface area contributed by atoms with E-state index in [1.54, 1.807) is 24.3 Å². The first kappa shape index (κ1) is 31.1. The van der Waals surface area contributed by atoms with Gasteiger partial charge in [0.1, 0.15) is 12.4 Å². The van der Waals surface area contributed by atoms with E-state index in [0.29, 0.717) is 37.6 Å². The zero-order valence-electron chi connectivity index (χ0n) is 24.5. The van der Waals surface area contributed by atoms with E-state index in [0.717, 1.165) is 29.0 Å². The molecule has 1 aromatic heterocycles. The van der Waals surface area contributed by atoms with Crippen LogP contribution in [-0.4, -0.2) is 27.0 Å². The number of para-hydroxylation sites is 1. The maximum Gasteiger partial charge on any atom is 0.418 e. The van der Waals surface area contributed by atoms with Crippen LogP contribution in [0.25, 0.3) is 0 Å². The van der Waals surface area contributed by atoms with Crippen LogP contribution in [0.3, 0.4) is 0 Å². The fourth-order valence-electron chi connectivity index (χ4n) is 8.28. The van der Waals surface area contributed by atoms with Gasteiger partial charge < -0.3 is 9.72 Å². The third kappa shape index (κ3) is 4.78. The van der Waals surface area contributed by atoms with Gasteiger partial charge in [0.15, 0.2) is 0 Å². The van der Waals surface area contributed by atoms with Crippen molar-refractivity contribution in [3.63, 3.8) is 0 Å². The predicted molar refractivity (Wildman–Crippen MR) is 171 cm³/mol. The summed E-state index contributed by atoms with van der Waals surface area (Å²) in [7, 11) is 0. The highest BCUT2D eigenvalue weighted by Crippen LogP contribution is 2.69. The number of halogens is 4. The highest BCUT2D eigenvalue weighted by Gasteiger charge is 2.70. The van der Waals surface area contributed by atoms with Gasteiger partial charge in [-0.15, -0.1) is 11.8 Å². The predicted octanol–water partition coefficient (Wildman–Crippen LogP) is 7.27. The molecule has 0 spiro atoms. The Labute approximate surface area is 283 Å². The monoisotopic (exact) mass is 713 g/mol. The molecule has 4 aliphatic rings. The normalized spacial score (nSPS) is 27.2. The van der Waals surface area contributed by atoms with Crippen molar-refractivity contribution in [3.05, 3.63) is 113 Å². The van der Waals surface area contributed by atoms with Crippen LogP contribution in [0.4, 0.5) is 24.5 Å². The van der Waals surface area contributed by atoms with Crippen LogP contribution in [0.2, 0.25) is 5.02 Å². The number of carbonyl (C=O) groups excluding carboxylic acids is 2. The second-order valence-corrected chi connectivity index (χ2v) is 15.0. The van der Waals surface area contributed by atoms with E-state index in [2.05, 4.69) is 4.98 Å². The molecule has 246 valence electrons. The second-order valence-electron chi connectivity index (χ2n) is 12.4. The molecule has 2 saturated carbocycles. The molecule has 7 atom stereocenters. The quantitative estimate of drug-likeness (QED) is 0.127. The molecule has 0 radical (unpaired) electrons. The number of nitrogens with zero attached hydrogens (tertiary/aromatic N) is 2. The number of alkyl halides is 3. The number of nitrogens with one attached hydrogen (secondary N) is 1. The number of anilines is 1. The van der Waals surface area contributed by atoms with Crippen molar-refractivity contribution in [2.24, 2.45) is 29.6 Å². The number of thiazole rings is 1. The zero-order valence-corrected chi connectivity index (χ0v) is 26.9. The average molecular weight is 714 g/mol. The molecular formula is C33H23ClF3N3O6S2. The number of aromatic nitrogens is 1. The highest BCUT2D eigenvalue weighted by molar-refractivity contribution is 8.00. The van der Waals surface area contributed by atoms with E-state index in [4.69, 9.17) is 16.3 Å². The van der Waals surface area contributed by atoms with Crippen LogP contribution < -0.4 is 14.5 Å². The van der Waals surface area contributed by atoms with E-state index < -0.39 is 57.8 Å².